The molecule has 2 fully saturated rings. The Balaban J connectivity index is 0.000000196. The Kier molecular flexibility index (Phi) is 16.2. The van der Waals surface area contributed by atoms with Crippen molar-refractivity contribution in [3.8, 4) is 0 Å². The average molecular weight is 883 g/mol. The highest BCUT2D eigenvalue weighted by molar-refractivity contribution is 5.94. The van der Waals surface area contributed by atoms with Crippen LogP contribution in [-0.2, 0) is 68.0 Å². The lowest BCUT2D eigenvalue weighted by Crippen LogP contribution is -2.42. The van der Waals surface area contributed by atoms with E-state index in [4.69, 9.17) is 0 Å². The Hall–Kier alpha value is -7.86. The normalized spacial score (nSPS) is 15.3. The molecule has 0 saturated carbocycles. The number of hydrogen-bond donors (Lipinski definition) is 0. The van der Waals surface area contributed by atoms with Gasteiger partial charge in [0.15, 0.2) is 0 Å². The third-order valence-corrected chi connectivity index (χ3v) is 11.4. The fourth-order valence-corrected chi connectivity index (χ4v) is 7.80. The minimum absolute atomic E-state index is 0.0625. The average Bonchev–Trinajstić information content (AvgIpc) is 3.40. The number of carbonyl (C=O) groups is 6. The topological polar surface area (TPSA) is 122 Å². The van der Waals surface area contributed by atoms with E-state index >= 15 is 0 Å². The third-order valence-electron chi connectivity index (χ3n) is 11.4. The molecule has 0 bridgehead atoms. The van der Waals surface area contributed by atoms with Crippen LogP contribution in [0.4, 0.5) is 0 Å². The van der Waals surface area contributed by atoms with Crippen LogP contribution in [0, 0.1) is 0 Å². The molecule has 2 saturated heterocycles. The number of hydrogen-bond acceptors (Lipinski definition) is 6. The first-order chi connectivity index (χ1) is 32.2. The number of amides is 6. The third kappa shape index (κ3) is 13.6. The molecule has 6 amide bonds. The molecule has 0 N–H and O–H groups in total. The van der Waals surface area contributed by atoms with Gasteiger partial charge in [-0.25, -0.2) is 0 Å². The highest BCUT2D eigenvalue weighted by Gasteiger charge is 2.32. The van der Waals surface area contributed by atoms with Crippen molar-refractivity contribution in [3.05, 3.63) is 215 Å². The van der Waals surface area contributed by atoms with Crippen LogP contribution in [0.2, 0.25) is 0 Å². The van der Waals surface area contributed by atoms with E-state index in [0.717, 1.165) is 33.4 Å². The molecule has 0 aromatic heterocycles. The van der Waals surface area contributed by atoms with Crippen molar-refractivity contribution in [2.75, 3.05) is 39.3 Å². The molecule has 0 aliphatic carbocycles. The zero-order chi connectivity index (χ0) is 46.1. The second-order valence-corrected chi connectivity index (χ2v) is 16.4. The highest BCUT2D eigenvalue weighted by Crippen LogP contribution is 2.17. The number of carbonyl (C=O) groups excluding carboxylic acids is 6. The molecular weight excluding hydrogens is 829 g/mol. The van der Waals surface area contributed by atoms with E-state index in [2.05, 4.69) is 0 Å². The van der Waals surface area contributed by atoms with Crippen molar-refractivity contribution in [2.45, 2.75) is 39.3 Å². The van der Waals surface area contributed by atoms with E-state index in [1.54, 1.807) is 29.4 Å². The molecule has 6 aromatic carbocycles. The Morgan fingerprint density at radius 3 is 0.455 bits per heavy atom. The highest BCUT2D eigenvalue weighted by atomic mass is 16.2. The van der Waals surface area contributed by atoms with E-state index < -0.39 is 0 Å². The number of rotatable bonds is 12. The monoisotopic (exact) mass is 882 g/mol. The Labute approximate surface area is 386 Å². The first kappa shape index (κ1) is 46.1. The van der Waals surface area contributed by atoms with Gasteiger partial charge in [0.25, 0.3) is 0 Å². The standard InChI is InChI=1S/2C27H27N3O3/c2*31-25-20-29(17-23-12-6-2-7-13-23)27(33)21-30(18-24-14-8-3-9-15-24)26(32)19-28(25)16-22-10-4-1-5-11-22/h2*1-15H,16-21H2. The molecule has 0 spiro atoms. The molecule has 12 nitrogen and oxygen atoms in total. The van der Waals surface area contributed by atoms with Gasteiger partial charge in [0.1, 0.15) is 39.3 Å². The van der Waals surface area contributed by atoms with Gasteiger partial charge in [0.2, 0.25) is 35.4 Å². The first-order valence-corrected chi connectivity index (χ1v) is 22.1. The summed E-state index contributed by atoms with van der Waals surface area (Å²) in [5, 5.41) is 0. The Morgan fingerprint density at radius 2 is 0.333 bits per heavy atom. The summed E-state index contributed by atoms with van der Waals surface area (Å²) in [6, 6.07) is 57.5. The maximum atomic E-state index is 13.2. The van der Waals surface area contributed by atoms with Gasteiger partial charge < -0.3 is 29.4 Å². The van der Waals surface area contributed by atoms with Crippen molar-refractivity contribution in [2.24, 2.45) is 0 Å². The summed E-state index contributed by atoms with van der Waals surface area (Å²) in [5.41, 5.74) is 5.63. The molecule has 2 aliphatic rings. The van der Waals surface area contributed by atoms with E-state index in [1.165, 1.54) is 0 Å². The predicted octanol–water partition coefficient (Wildman–Crippen LogP) is 6.17. The minimum Gasteiger partial charge on any atom is -0.328 e. The van der Waals surface area contributed by atoms with Gasteiger partial charge in [-0.05, 0) is 33.4 Å². The lowest BCUT2D eigenvalue weighted by Gasteiger charge is -2.25. The molecule has 8 rings (SSSR count). The molecular formula is C54H54N6O6. The zero-order valence-corrected chi connectivity index (χ0v) is 36.9. The molecule has 2 heterocycles. The van der Waals surface area contributed by atoms with Crippen LogP contribution >= 0.6 is 0 Å². The molecule has 0 radical (unpaired) electrons. The predicted molar refractivity (Wildman–Crippen MR) is 251 cm³/mol. The van der Waals surface area contributed by atoms with Gasteiger partial charge in [0.05, 0.1) is 0 Å². The second-order valence-electron chi connectivity index (χ2n) is 16.4. The van der Waals surface area contributed by atoms with Gasteiger partial charge in [-0.1, -0.05) is 182 Å². The summed E-state index contributed by atoms with van der Waals surface area (Å²) >= 11 is 0. The van der Waals surface area contributed by atoms with Crippen molar-refractivity contribution < 1.29 is 28.8 Å². The van der Waals surface area contributed by atoms with E-state index in [9.17, 15) is 28.8 Å². The van der Waals surface area contributed by atoms with Crippen LogP contribution in [-0.4, -0.2) is 104 Å². The van der Waals surface area contributed by atoms with Crippen LogP contribution < -0.4 is 0 Å². The van der Waals surface area contributed by atoms with E-state index in [0.29, 0.717) is 39.3 Å². The molecule has 2 aliphatic heterocycles. The molecule has 0 atom stereocenters. The van der Waals surface area contributed by atoms with Gasteiger partial charge in [-0.3, -0.25) is 28.8 Å². The number of nitrogens with zero attached hydrogens (tertiary/aromatic N) is 6. The summed E-state index contributed by atoms with van der Waals surface area (Å²) in [4.78, 5) is 88.7. The van der Waals surface area contributed by atoms with E-state index in [-0.39, 0.29) is 74.7 Å². The summed E-state index contributed by atoms with van der Waals surface area (Å²) in [6.07, 6.45) is 0. The summed E-state index contributed by atoms with van der Waals surface area (Å²) in [7, 11) is 0. The van der Waals surface area contributed by atoms with Crippen molar-refractivity contribution >= 4 is 35.4 Å². The quantitative estimate of drug-likeness (QED) is 0.145. The maximum Gasteiger partial charge on any atom is 0.242 e. The van der Waals surface area contributed by atoms with Crippen molar-refractivity contribution in [1.29, 1.82) is 0 Å². The van der Waals surface area contributed by atoms with Gasteiger partial charge >= 0.3 is 0 Å². The van der Waals surface area contributed by atoms with Crippen LogP contribution in [0.15, 0.2) is 182 Å². The van der Waals surface area contributed by atoms with Crippen molar-refractivity contribution in [3.63, 3.8) is 0 Å². The maximum absolute atomic E-state index is 13.2. The largest absolute Gasteiger partial charge is 0.328 e. The molecule has 66 heavy (non-hydrogen) atoms. The summed E-state index contributed by atoms with van der Waals surface area (Å²) in [6.45, 7) is 1.53. The molecule has 6 aromatic rings. The van der Waals surface area contributed by atoms with Gasteiger partial charge in [-0.15, -0.1) is 0 Å². The van der Waals surface area contributed by atoms with Crippen LogP contribution in [0.1, 0.15) is 33.4 Å². The zero-order valence-electron chi connectivity index (χ0n) is 36.9. The summed E-state index contributed by atoms with van der Waals surface area (Å²) in [5.74, 6) is -1.43. The van der Waals surface area contributed by atoms with Crippen LogP contribution in [0.3, 0.4) is 0 Å². The number of benzene rings is 6. The smallest absolute Gasteiger partial charge is 0.242 e. The fourth-order valence-electron chi connectivity index (χ4n) is 7.80. The Morgan fingerprint density at radius 1 is 0.212 bits per heavy atom. The van der Waals surface area contributed by atoms with Gasteiger partial charge in [-0.2, -0.15) is 0 Å². The lowest BCUT2D eigenvalue weighted by atomic mass is 10.2. The molecule has 0 unspecified atom stereocenters. The lowest BCUT2D eigenvalue weighted by molar-refractivity contribution is -0.140. The molecule has 12 heteroatoms. The summed E-state index contributed by atoms with van der Waals surface area (Å²) < 4.78 is 0. The first-order valence-electron chi connectivity index (χ1n) is 22.1. The minimum atomic E-state index is -0.238. The molecule has 336 valence electrons. The van der Waals surface area contributed by atoms with E-state index in [1.807, 2.05) is 182 Å². The fraction of sp³-hybridized carbons (Fsp3) is 0.222. The van der Waals surface area contributed by atoms with Crippen LogP contribution in [0.25, 0.3) is 0 Å². The van der Waals surface area contributed by atoms with Gasteiger partial charge in [0, 0.05) is 39.3 Å². The van der Waals surface area contributed by atoms with Crippen molar-refractivity contribution in [1.82, 2.24) is 29.4 Å². The van der Waals surface area contributed by atoms with Crippen LogP contribution in [0.5, 0.6) is 0 Å². The SMILES string of the molecule is O=C1CN(Cc2ccccc2)C(=O)CN(Cc2ccccc2)C(=O)CN1Cc1ccccc1.O=C1CN(Cc2ccccc2)C(=O)CN(Cc2ccccc2)C(=O)CN1Cc1ccccc1. The second kappa shape index (κ2) is 23.2. The Bertz CT molecular complexity index is 2070.